The molecule has 3 aliphatic rings. The molecule has 0 radical (unpaired) electrons. The second-order valence-corrected chi connectivity index (χ2v) is 9.58. The quantitative estimate of drug-likeness (QED) is 0.668. The zero-order valence-electron chi connectivity index (χ0n) is 20.2. The normalized spacial score (nSPS) is 23.8. The van der Waals surface area contributed by atoms with Crippen molar-refractivity contribution in [2.75, 3.05) is 39.3 Å². The van der Waals surface area contributed by atoms with Crippen molar-refractivity contribution in [3.05, 3.63) is 53.9 Å². The molecule has 2 atom stereocenters. The van der Waals surface area contributed by atoms with Crippen molar-refractivity contribution in [2.24, 2.45) is 11.0 Å². The highest BCUT2D eigenvalue weighted by molar-refractivity contribution is 5.81. The molecule has 0 spiro atoms. The number of aromatic nitrogens is 1. The summed E-state index contributed by atoms with van der Waals surface area (Å²) in [4.78, 5) is 16.8. The molecule has 34 heavy (non-hydrogen) atoms. The lowest BCUT2D eigenvalue weighted by atomic mass is 10.0. The summed E-state index contributed by atoms with van der Waals surface area (Å²) < 4.78 is 7.94. The molecule has 3 fully saturated rings. The Bertz CT molecular complexity index is 1060. The Balaban J connectivity index is 1.31. The topological polar surface area (TPSA) is 62.1 Å². The third kappa shape index (κ3) is 4.68. The molecule has 2 aliphatic heterocycles. The molecule has 1 saturated carbocycles. The fourth-order valence-corrected chi connectivity index (χ4v) is 5.05. The highest BCUT2D eigenvalue weighted by Crippen LogP contribution is 2.33. The van der Waals surface area contributed by atoms with Crippen molar-refractivity contribution in [1.82, 2.24) is 19.8 Å². The van der Waals surface area contributed by atoms with Gasteiger partial charge in [0.25, 0.3) is 0 Å². The maximum absolute atomic E-state index is 12.4. The standard InChI is InChI=1S/C27H35N5O2/c1-4-24(30-11-13-31(14-12-30)27(33)22-9-10-22)25-15-23(18-32(25)28-3)20-5-7-21(8-6-20)26-17-29-16-19(2)34-26/h4-8,15,18-19,22,26,29H,3,9-14,16-17H2,1-2H3/b24-4+/t19-,26-/m0/s1. The maximum atomic E-state index is 12.4. The predicted molar refractivity (Wildman–Crippen MR) is 136 cm³/mol. The van der Waals surface area contributed by atoms with Crippen LogP contribution >= 0.6 is 0 Å². The zero-order chi connectivity index (χ0) is 23.7. The Kier molecular flexibility index (Phi) is 6.57. The molecule has 1 aromatic carbocycles. The van der Waals surface area contributed by atoms with Crippen LogP contribution in [0.4, 0.5) is 0 Å². The summed E-state index contributed by atoms with van der Waals surface area (Å²) in [6, 6.07) is 10.8. The fraction of sp³-hybridized carbons (Fsp3) is 0.481. The van der Waals surface area contributed by atoms with Gasteiger partial charge in [-0.2, -0.15) is 5.10 Å². The number of carbonyl (C=O) groups is 1. The highest BCUT2D eigenvalue weighted by Gasteiger charge is 2.35. The van der Waals surface area contributed by atoms with E-state index < -0.39 is 0 Å². The summed E-state index contributed by atoms with van der Waals surface area (Å²) in [6.07, 6.45) is 6.61. The van der Waals surface area contributed by atoms with Gasteiger partial charge in [-0.15, -0.1) is 0 Å². The second-order valence-electron chi connectivity index (χ2n) is 9.58. The van der Waals surface area contributed by atoms with Gasteiger partial charge in [0.1, 0.15) is 0 Å². The minimum Gasteiger partial charge on any atom is -0.368 e. The molecule has 0 unspecified atom stereocenters. The molecule has 3 heterocycles. The van der Waals surface area contributed by atoms with E-state index in [2.05, 4.69) is 72.3 Å². The maximum Gasteiger partial charge on any atom is 0.225 e. The smallest absolute Gasteiger partial charge is 0.225 e. The number of ether oxygens (including phenoxy) is 1. The molecule has 180 valence electrons. The molecule has 2 aromatic rings. The van der Waals surface area contributed by atoms with Gasteiger partial charge in [0.05, 0.1) is 23.6 Å². The van der Waals surface area contributed by atoms with Gasteiger partial charge in [-0.05, 0) is 43.9 Å². The Labute approximate surface area is 202 Å². The third-order valence-electron chi connectivity index (χ3n) is 7.12. The molecule has 2 saturated heterocycles. The largest absolute Gasteiger partial charge is 0.368 e. The number of nitrogens with one attached hydrogen (secondary N) is 1. The summed E-state index contributed by atoms with van der Waals surface area (Å²) in [5, 5.41) is 7.70. The van der Waals surface area contributed by atoms with Crippen molar-refractivity contribution in [2.45, 2.75) is 38.9 Å². The van der Waals surface area contributed by atoms with Gasteiger partial charge in [0.2, 0.25) is 5.91 Å². The highest BCUT2D eigenvalue weighted by atomic mass is 16.5. The first-order valence-electron chi connectivity index (χ1n) is 12.4. The zero-order valence-corrected chi connectivity index (χ0v) is 20.2. The number of allylic oxidation sites excluding steroid dienone is 1. The fourth-order valence-electron chi connectivity index (χ4n) is 5.05. The van der Waals surface area contributed by atoms with E-state index in [1.807, 2.05) is 15.8 Å². The first kappa shape index (κ1) is 22.9. The number of piperazine rings is 1. The third-order valence-corrected chi connectivity index (χ3v) is 7.12. The summed E-state index contributed by atoms with van der Waals surface area (Å²) in [5.41, 5.74) is 5.58. The number of hydrogen-bond donors (Lipinski definition) is 1. The molecular weight excluding hydrogens is 426 g/mol. The number of nitrogens with zero attached hydrogens (tertiary/aromatic N) is 4. The van der Waals surface area contributed by atoms with Crippen LogP contribution in [0.5, 0.6) is 0 Å². The SMILES string of the molecule is C=Nn1cc(-c2ccc([C@@H]3CNC[C@H](C)O3)cc2)cc1/C(=C\C)N1CCN(C(=O)C2CC2)CC1. The van der Waals surface area contributed by atoms with Crippen molar-refractivity contribution in [3.8, 4) is 11.1 Å². The lowest BCUT2D eigenvalue weighted by molar-refractivity contribution is -0.133. The minimum absolute atomic E-state index is 0.0906. The molecule has 1 amide bonds. The first-order valence-corrected chi connectivity index (χ1v) is 12.4. The van der Waals surface area contributed by atoms with Gasteiger partial charge in [-0.1, -0.05) is 30.3 Å². The average Bonchev–Trinajstić information content (AvgIpc) is 3.64. The first-order chi connectivity index (χ1) is 16.6. The Morgan fingerprint density at radius 1 is 1.09 bits per heavy atom. The van der Waals surface area contributed by atoms with E-state index in [1.165, 1.54) is 5.56 Å². The van der Waals surface area contributed by atoms with Crippen LogP contribution in [0.2, 0.25) is 0 Å². The van der Waals surface area contributed by atoms with Crippen LogP contribution in [-0.2, 0) is 9.53 Å². The number of hydrogen-bond acceptors (Lipinski definition) is 5. The number of morpholine rings is 1. The number of carbonyl (C=O) groups excluding carboxylic acids is 1. The van der Waals surface area contributed by atoms with Crippen molar-refractivity contribution in [3.63, 3.8) is 0 Å². The summed E-state index contributed by atoms with van der Waals surface area (Å²) >= 11 is 0. The Morgan fingerprint density at radius 2 is 1.79 bits per heavy atom. The van der Waals surface area contributed by atoms with Crippen LogP contribution in [0.25, 0.3) is 16.8 Å². The molecule has 1 aliphatic carbocycles. The van der Waals surface area contributed by atoms with Gasteiger partial charge in [0.15, 0.2) is 0 Å². The van der Waals surface area contributed by atoms with E-state index >= 15 is 0 Å². The van der Waals surface area contributed by atoms with Crippen LogP contribution in [0.3, 0.4) is 0 Å². The minimum atomic E-state index is 0.0906. The van der Waals surface area contributed by atoms with Crippen LogP contribution in [0.15, 0.2) is 47.7 Å². The van der Waals surface area contributed by atoms with E-state index in [1.54, 1.807) is 0 Å². The number of amides is 1. The molecular formula is C27H35N5O2. The van der Waals surface area contributed by atoms with Gasteiger partial charge in [-0.25, -0.2) is 4.68 Å². The monoisotopic (exact) mass is 461 g/mol. The molecule has 7 nitrogen and oxygen atoms in total. The lowest BCUT2D eigenvalue weighted by Crippen LogP contribution is -2.48. The average molecular weight is 462 g/mol. The van der Waals surface area contributed by atoms with E-state index in [-0.39, 0.29) is 18.1 Å². The summed E-state index contributed by atoms with van der Waals surface area (Å²) in [5.74, 6) is 0.626. The van der Waals surface area contributed by atoms with Gasteiger partial charge in [0, 0.05) is 63.7 Å². The van der Waals surface area contributed by atoms with Gasteiger partial charge >= 0.3 is 0 Å². The van der Waals surface area contributed by atoms with Crippen molar-refractivity contribution in [1.29, 1.82) is 0 Å². The van der Waals surface area contributed by atoms with Crippen molar-refractivity contribution >= 4 is 18.3 Å². The molecule has 5 rings (SSSR count). The number of rotatable bonds is 6. The van der Waals surface area contributed by atoms with E-state index in [9.17, 15) is 4.79 Å². The molecule has 7 heteroatoms. The second kappa shape index (κ2) is 9.76. The van der Waals surface area contributed by atoms with Gasteiger partial charge < -0.3 is 19.9 Å². The van der Waals surface area contributed by atoms with Crippen LogP contribution in [0.1, 0.15) is 44.1 Å². The summed E-state index contributed by atoms with van der Waals surface area (Å²) in [7, 11) is 0. The predicted octanol–water partition coefficient (Wildman–Crippen LogP) is 3.58. The summed E-state index contributed by atoms with van der Waals surface area (Å²) in [6.45, 7) is 12.9. The van der Waals surface area contributed by atoms with Crippen LogP contribution in [0, 0.1) is 5.92 Å². The van der Waals surface area contributed by atoms with Gasteiger partial charge in [-0.3, -0.25) is 4.79 Å². The Morgan fingerprint density at radius 3 is 2.41 bits per heavy atom. The molecule has 1 N–H and O–H groups in total. The van der Waals surface area contributed by atoms with E-state index in [0.717, 1.165) is 74.6 Å². The number of benzene rings is 1. The van der Waals surface area contributed by atoms with E-state index in [0.29, 0.717) is 5.91 Å². The Hall–Kier alpha value is -2.90. The van der Waals surface area contributed by atoms with Crippen LogP contribution < -0.4 is 5.32 Å². The van der Waals surface area contributed by atoms with E-state index in [4.69, 9.17) is 4.74 Å². The lowest BCUT2D eigenvalue weighted by Gasteiger charge is -2.37. The molecule has 0 bridgehead atoms. The molecule has 1 aromatic heterocycles. The van der Waals surface area contributed by atoms with Crippen molar-refractivity contribution < 1.29 is 9.53 Å². The van der Waals surface area contributed by atoms with Crippen LogP contribution in [-0.4, -0.2) is 72.5 Å².